The Bertz CT molecular complexity index is 466. The molecule has 2 rings (SSSR count). The Morgan fingerprint density at radius 2 is 2.29 bits per heavy atom. The summed E-state index contributed by atoms with van der Waals surface area (Å²) in [4.78, 5) is 0. The van der Waals surface area contributed by atoms with Gasteiger partial charge >= 0.3 is 0 Å². The molecule has 1 aromatic carbocycles. The van der Waals surface area contributed by atoms with Crippen LogP contribution in [0.3, 0.4) is 0 Å². The largest absolute Gasteiger partial charge is 0.493 e. The summed E-state index contributed by atoms with van der Waals surface area (Å²) in [5.74, 6) is 0.897. The molecule has 0 N–H and O–H groups in total. The van der Waals surface area contributed by atoms with E-state index in [1.807, 2.05) is 25.1 Å². The number of ether oxygens (including phenoxy) is 1. The van der Waals surface area contributed by atoms with Crippen LogP contribution in [0.5, 0.6) is 5.75 Å². The summed E-state index contributed by atoms with van der Waals surface area (Å²) in [6, 6.07) is 5.82. The van der Waals surface area contributed by atoms with Crippen LogP contribution in [0.15, 0.2) is 22.0 Å². The predicted molar refractivity (Wildman–Crippen MR) is 65.7 cm³/mol. The first-order chi connectivity index (χ1) is 6.72. The number of thiophene rings is 1. The maximum atomic E-state index is 6.08. The van der Waals surface area contributed by atoms with Crippen molar-refractivity contribution in [2.24, 2.45) is 0 Å². The summed E-state index contributed by atoms with van der Waals surface area (Å²) in [6.07, 6.45) is 0. The molecular formula is C10H8BrClOS. The molecule has 0 atom stereocenters. The topological polar surface area (TPSA) is 9.23 Å². The normalized spacial score (nSPS) is 10.8. The van der Waals surface area contributed by atoms with Gasteiger partial charge in [0, 0.05) is 5.39 Å². The molecule has 1 nitrogen and oxygen atoms in total. The van der Waals surface area contributed by atoms with Crippen LogP contribution >= 0.6 is 38.9 Å². The second-order valence-corrected chi connectivity index (χ2v) is 5.61. The lowest BCUT2D eigenvalue weighted by Gasteiger charge is -2.04. The summed E-state index contributed by atoms with van der Waals surface area (Å²) >= 11 is 11.1. The van der Waals surface area contributed by atoms with E-state index in [2.05, 4.69) is 15.9 Å². The summed E-state index contributed by atoms with van der Waals surface area (Å²) in [7, 11) is 0. The molecule has 0 aliphatic carbocycles. The van der Waals surface area contributed by atoms with Gasteiger partial charge in [0.2, 0.25) is 0 Å². The quantitative estimate of drug-likeness (QED) is 0.778. The maximum Gasteiger partial charge on any atom is 0.128 e. The molecule has 0 radical (unpaired) electrons. The Balaban J connectivity index is 2.68. The van der Waals surface area contributed by atoms with E-state index in [9.17, 15) is 0 Å². The molecule has 0 spiro atoms. The zero-order valence-corrected chi connectivity index (χ0v) is 10.7. The van der Waals surface area contributed by atoms with Crippen molar-refractivity contribution in [2.75, 3.05) is 6.61 Å². The van der Waals surface area contributed by atoms with Crippen molar-refractivity contribution in [3.05, 3.63) is 27.0 Å². The van der Waals surface area contributed by atoms with Crippen LogP contribution in [0.4, 0.5) is 0 Å². The zero-order valence-electron chi connectivity index (χ0n) is 7.51. The Morgan fingerprint density at radius 3 is 3.00 bits per heavy atom. The summed E-state index contributed by atoms with van der Waals surface area (Å²) < 4.78 is 7.66. The lowest BCUT2D eigenvalue weighted by molar-refractivity contribution is 0.344. The fraction of sp³-hybridized carbons (Fsp3) is 0.200. The van der Waals surface area contributed by atoms with Crippen molar-refractivity contribution in [3.8, 4) is 5.75 Å². The van der Waals surface area contributed by atoms with E-state index in [4.69, 9.17) is 16.3 Å². The van der Waals surface area contributed by atoms with E-state index < -0.39 is 0 Å². The number of fused-ring (bicyclic) bond motifs is 1. The molecule has 2 aromatic rings. The lowest BCUT2D eigenvalue weighted by atomic mass is 10.2. The highest BCUT2D eigenvalue weighted by Gasteiger charge is 2.08. The smallest absolute Gasteiger partial charge is 0.128 e. The van der Waals surface area contributed by atoms with Crippen molar-refractivity contribution in [1.29, 1.82) is 0 Å². The molecule has 0 amide bonds. The fourth-order valence-electron chi connectivity index (χ4n) is 1.32. The highest BCUT2D eigenvalue weighted by molar-refractivity contribution is 9.11. The molecule has 0 saturated carbocycles. The number of halogens is 2. The number of hydrogen-bond acceptors (Lipinski definition) is 2. The average Bonchev–Trinajstić information content (AvgIpc) is 2.53. The third-order valence-electron chi connectivity index (χ3n) is 1.87. The van der Waals surface area contributed by atoms with Gasteiger partial charge in [-0.05, 0) is 41.1 Å². The van der Waals surface area contributed by atoms with Gasteiger partial charge in [0.25, 0.3) is 0 Å². The highest BCUT2D eigenvalue weighted by Crippen LogP contribution is 2.39. The van der Waals surface area contributed by atoms with Gasteiger partial charge in [0.05, 0.1) is 20.1 Å². The minimum atomic E-state index is 0.671. The molecular weight excluding hydrogens is 284 g/mol. The van der Waals surface area contributed by atoms with Crippen LogP contribution in [0.2, 0.25) is 5.02 Å². The van der Waals surface area contributed by atoms with Crippen LogP contribution in [-0.2, 0) is 0 Å². The summed E-state index contributed by atoms with van der Waals surface area (Å²) in [5.41, 5.74) is 0. The van der Waals surface area contributed by atoms with Crippen LogP contribution in [0.1, 0.15) is 6.92 Å². The molecule has 1 heterocycles. The molecule has 14 heavy (non-hydrogen) atoms. The summed E-state index contributed by atoms with van der Waals surface area (Å²) in [5, 5.41) is 1.86. The third kappa shape index (κ3) is 1.76. The van der Waals surface area contributed by atoms with Gasteiger partial charge in [-0.25, -0.2) is 0 Å². The first-order valence-corrected chi connectivity index (χ1v) is 6.21. The number of rotatable bonds is 2. The first kappa shape index (κ1) is 10.3. The van der Waals surface area contributed by atoms with Gasteiger partial charge in [-0.3, -0.25) is 0 Å². The molecule has 74 valence electrons. The fourth-order valence-corrected chi connectivity index (χ4v) is 3.12. The third-order valence-corrected chi connectivity index (χ3v) is 3.96. The Labute approximate surface area is 99.8 Å². The van der Waals surface area contributed by atoms with E-state index in [-0.39, 0.29) is 0 Å². The van der Waals surface area contributed by atoms with E-state index in [1.165, 1.54) is 0 Å². The zero-order chi connectivity index (χ0) is 10.1. The summed E-state index contributed by atoms with van der Waals surface area (Å²) in [6.45, 7) is 2.64. The van der Waals surface area contributed by atoms with Crippen molar-refractivity contribution >= 4 is 49.0 Å². The van der Waals surface area contributed by atoms with Gasteiger partial charge in [-0.15, -0.1) is 11.3 Å². The Kier molecular flexibility index (Phi) is 3.00. The molecule has 0 unspecified atom stereocenters. The van der Waals surface area contributed by atoms with Crippen LogP contribution in [0.25, 0.3) is 10.1 Å². The second-order valence-electron chi connectivity index (χ2n) is 2.77. The van der Waals surface area contributed by atoms with Gasteiger partial charge in [-0.1, -0.05) is 11.6 Å². The van der Waals surface area contributed by atoms with Crippen molar-refractivity contribution < 1.29 is 4.74 Å². The standard InChI is InChI=1S/C10H8BrClOS/c1-2-13-8-4-3-7(12)10-6(8)5-9(11)14-10/h3-5H,2H2,1H3. The van der Waals surface area contributed by atoms with Crippen molar-refractivity contribution in [3.63, 3.8) is 0 Å². The Morgan fingerprint density at radius 1 is 1.50 bits per heavy atom. The number of benzene rings is 1. The molecule has 0 fully saturated rings. The monoisotopic (exact) mass is 290 g/mol. The number of hydrogen-bond donors (Lipinski definition) is 0. The van der Waals surface area contributed by atoms with Crippen LogP contribution in [-0.4, -0.2) is 6.61 Å². The van der Waals surface area contributed by atoms with Crippen LogP contribution < -0.4 is 4.74 Å². The minimum absolute atomic E-state index is 0.671. The lowest BCUT2D eigenvalue weighted by Crippen LogP contribution is -1.90. The maximum absolute atomic E-state index is 6.08. The first-order valence-electron chi connectivity index (χ1n) is 4.22. The van der Waals surface area contributed by atoms with Gasteiger partial charge < -0.3 is 4.74 Å². The molecule has 0 aliphatic heterocycles. The molecule has 1 aromatic heterocycles. The van der Waals surface area contributed by atoms with Crippen molar-refractivity contribution in [2.45, 2.75) is 6.92 Å². The SMILES string of the molecule is CCOc1ccc(Cl)c2sc(Br)cc12. The molecule has 4 heteroatoms. The highest BCUT2D eigenvalue weighted by atomic mass is 79.9. The molecule has 0 saturated heterocycles. The average molecular weight is 292 g/mol. The van der Waals surface area contributed by atoms with Gasteiger partial charge in [-0.2, -0.15) is 0 Å². The van der Waals surface area contributed by atoms with E-state index >= 15 is 0 Å². The molecule has 0 aliphatic rings. The van der Waals surface area contributed by atoms with Gasteiger partial charge in [0.15, 0.2) is 0 Å². The van der Waals surface area contributed by atoms with E-state index in [0.29, 0.717) is 6.61 Å². The van der Waals surface area contributed by atoms with Gasteiger partial charge in [0.1, 0.15) is 5.75 Å². The Hall–Kier alpha value is -0.250. The molecule has 0 bridgehead atoms. The van der Waals surface area contributed by atoms with E-state index in [0.717, 1.165) is 24.6 Å². The van der Waals surface area contributed by atoms with Crippen LogP contribution in [0, 0.1) is 0 Å². The van der Waals surface area contributed by atoms with Crippen molar-refractivity contribution in [1.82, 2.24) is 0 Å². The predicted octanol–water partition coefficient (Wildman–Crippen LogP) is 4.72. The minimum Gasteiger partial charge on any atom is -0.493 e. The second kappa shape index (κ2) is 4.09. The van der Waals surface area contributed by atoms with E-state index in [1.54, 1.807) is 11.3 Å².